The Morgan fingerprint density at radius 2 is 0.873 bits per heavy atom. The van der Waals surface area contributed by atoms with Gasteiger partial charge in [0.25, 0.3) is 0 Å². The normalized spacial score (nSPS) is 17.4. The Bertz CT molecular complexity index is 1740. The van der Waals surface area contributed by atoms with E-state index >= 15 is 0 Å². The minimum Gasteiger partial charge on any atom is -0.457 e. The molecule has 2 amide bonds. The summed E-state index contributed by atoms with van der Waals surface area (Å²) in [4.78, 5) is 106. The first-order valence-electron chi connectivity index (χ1n) is 17.7. The van der Waals surface area contributed by atoms with E-state index in [1.807, 2.05) is 27.7 Å². The number of benzene rings is 2. The van der Waals surface area contributed by atoms with Gasteiger partial charge in [-0.3, -0.25) is 28.8 Å². The topological polar surface area (TPSA) is 188 Å². The van der Waals surface area contributed by atoms with Crippen molar-refractivity contribution in [2.45, 2.75) is 105 Å². The number of Topliss-reactive ketones (excluding diaryl/α,β-unsaturated/α-hetero) is 6. The molecule has 2 aromatic carbocycles. The molecular formula is C40H48N2Na2O11. The molecule has 0 fully saturated rings. The van der Waals surface area contributed by atoms with Gasteiger partial charge in [-0.1, -0.05) is 27.7 Å². The van der Waals surface area contributed by atoms with Crippen molar-refractivity contribution in [1.82, 2.24) is 10.6 Å². The largest absolute Gasteiger partial charge is 0.457 e. The number of ether oxygens (including phenoxy) is 3. The number of nitrogens with one attached hydrogen (secondary N) is 2. The molecule has 0 spiro atoms. The summed E-state index contributed by atoms with van der Waals surface area (Å²) in [6, 6.07) is 5.90. The molecule has 2 aliphatic rings. The number of carbonyl (C=O) groups excluding carboxylic acids is 8. The summed E-state index contributed by atoms with van der Waals surface area (Å²) in [6.07, 6.45) is -1.35. The van der Waals surface area contributed by atoms with E-state index in [1.165, 1.54) is 36.4 Å². The average molecular weight is 779 g/mol. The minimum atomic E-state index is -1.67. The summed E-state index contributed by atoms with van der Waals surface area (Å²) in [5.41, 5.74) is -1.71. The second-order valence-corrected chi connectivity index (χ2v) is 16.3. The Hall–Kier alpha value is -3.20. The molecule has 0 aliphatic heterocycles. The molecule has 2 N–H and O–H groups in total. The summed E-state index contributed by atoms with van der Waals surface area (Å²) in [5.74, 6) is -7.63. The standard InChI is InChI=1S/C40H48N2O11.2Na/c1-19(2)15-27(41-37(49)52-39(5,6)7)35(47)29-31(43)23-13-11-21(17-25(23)33(29)45)51-22-12-14-24-26(18-22)34(46)30(32(24)44)36(48)28(16-20(3)4)42-38(50)53-40(8,9)10;;/h11-14,17-20,27-30H,15-16H2,1-10H3,(H,41,49)(H,42,50);;/t27-,28-,29?,30?;;/m1../s1. The first kappa shape index (κ1) is 48.0. The molecule has 286 valence electrons. The second-order valence-electron chi connectivity index (χ2n) is 16.3. The molecule has 2 unspecified atom stereocenters. The zero-order valence-corrected chi connectivity index (χ0v) is 37.8. The van der Waals surface area contributed by atoms with E-state index in [1.54, 1.807) is 41.5 Å². The molecule has 2 radical (unpaired) electrons. The second kappa shape index (κ2) is 18.8. The number of hydrogen-bond acceptors (Lipinski definition) is 11. The zero-order chi connectivity index (χ0) is 39.7. The third-order valence-corrected chi connectivity index (χ3v) is 8.38. The van der Waals surface area contributed by atoms with Crippen molar-refractivity contribution in [3.8, 4) is 11.5 Å². The first-order chi connectivity index (χ1) is 24.5. The molecule has 2 aliphatic carbocycles. The molecule has 0 saturated heterocycles. The molecule has 55 heavy (non-hydrogen) atoms. The number of alkyl carbamates (subject to hydrolysis) is 2. The number of rotatable bonds is 12. The van der Waals surface area contributed by atoms with Gasteiger partial charge in [-0.25, -0.2) is 9.59 Å². The van der Waals surface area contributed by atoms with Gasteiger partial charge in [0.1, 0.15) is 34.5 Å². The van der Waals surface area contributed by atoms with Crippen LogP contribution in [0.1, 0.15) is 124 Å². The van der Waals surface area contributed by atoms with Crippen LogP contribution in [0.2, 0.25) is 0 Å². The van der Waals surface area contributed by atoms with E-state index in [9.17, 15) is 38.4 Å². The Morgan fingerprint density at radius 1 is 0.564 bits per heavy atom. The number of fused-ring (bicyclic) bond motifs is 2. The van der Waals surface area contributed by atoms with Gasteiger partial charge in [0.15, 0.2) is 34.7 Å². The van der Waals surface area contributed by atoms with Crippen molar-refractivity contribution in [3.63, 3.8) is 0 Å². The van der Waals surface area contributed by atoms with Crippen LogP contribution in [-0.4, -0.2) is 129 Å². The average Bonchev–Trinajstić information content (AvgIpc) is 3.40. The molecule has 0 heterocycles. The Kier molecular flexibility index (Phi) is 16.4. The maximum absolute atomic E-state index is 13.6. The predicted molar refractivity (Wildman–Crippen MR) is 204 cm³/mol. The van der Waals surface area contributed by atoms with Gasteiger partial charge in [0.05, 0.1) is 12.1 Å². The fourth-order valence-electron chi connectivity index (χ4n) is 6.26. The van der Waals surface area contributed by atoms with Crippen LogP contribution in [-0.2, 0) is 19.1 Å². The van der Waals surface area contributed by atoms with E-state index in [0.29, 0.717) is 0 Å². The quantitative estimate of drug-likeness (QED) is 0.198. The van der Waals surface area contributed by atoms with E-state index in [4.69, 9.17) is 14.2 Å². The van der Waals surface area contributed by atoms with Crippen LogP contribution in [0, 0.1) is 23.7 Å². The fraction of sp³-hybridized carbons (Fsp3) is 0.500. The van der Waals surface area contributed by atoms with Gasteiger partial charge in [-0.2, -0.15) is 0 Å². The summed E-state index contributed by atoms with van der Waals surface area (Å²) in [5, 5.41) is 5.05. The van der Waals surface area contributed by atoms with Crippen molar-refractivity contribution in [2.24, 2.45) is 23.7 Å². The van der Waals surface area contributed by atoms with Crippen LogP contribution in [0.25, 0.3) is 0 Å². The van der Waals surface area contributed by atoms with E-state index in [-0.39, 0.29) is 118 Å². The number of amides is 2. The fourth-order valence-corrected chi connectivity index (χ4v) is 6.26. The van der Waals surface area contributed by atoms with Crippen LogP contribution >= 0.6 is 0 Å². The Balaban J connectivity index is 0.00000523. The maximum Gasteiger partial charge on any atom is 0.408 e. The molecule has 0 aromatic heterocycles. The number of carbonyl (C=O) groups is 8. The zero-order valence-electron chi connectivity index (χ0n) is 33.8. The number of hydrogen-bond donors (Lipinski definition) is 2. The van der Waals surface area contributed by atoms with Crippen LogP contribution < -0.4 is 15.4 Å². The monoisotopic (exact) mass is 778 g/mol. The van der Waals surface area contributed by atoms with E-state index < -0.39 is 82.0 Å². The molecule has 4 atom stereocenters. The molecule has 0 saturated carbocycles. The molecule has 2 aromatic rings. The first-order valence-corrected chi connectivity index (χ1v) is 17.7. The van der Waals surface area contributed by atoms with E-state index in [0.717, 1.165) is 0 Å². The molecule has 13 nitrogen and oxygen atoms in total. The summed E-state index contributed by atoms with van der Waals surface area (Å²) < 4.78 is 16.5. The van der Waals surface area contributed by atoms with Gasteiger partial charge in [-0.05, 0) is 103 Å². The van der Waals surface area contributed by atoms with Crippen molar-refractivity contribution in [2.75, 3.05) is 0 Å². The van der Waals surface area contributed by atoms with Crippen LogP contribution in [0.4, 0.5) is 9.59 Å². The van der Waals surface area contributed by atoms with Gasteiger partial charge in [0.2, 0.25) is 0 Å². The summed E-state index contributed by atoms with van der Waals surface area (Å²) >= 11 is 0. The molecule has 4 rings (SSSR count). The molecule has 15 heteroatoms. The van der Waals surface area contributed by atoms with Gasteiger partial charge < -0.3 is 24.8 Å². The third kappa shape index (κ3) is 11.9. The summed E-state index contributed by atoms with van der Waals surface area (Å²) in [7, 11) is 0. The summed E-state index contributed by atoms with van der Waals surface area (Å²) in [6.45, 7) is 17.4. The van der Waals surface area contributed by atoms with Crippen molar-refractivity contribution in [1.29, 1.82) is 0 Å². The van der Waals surface area contributed by atoms with Crippen LogP contribution in [0.15, 0.2) is 36.4 Å². The van der Waals surface area contributed by atoms with Crippen molar-refractivity contribution >= 4 is 106 Å². The van der Waals surface area contributed by atoms with Gasteiger partial charge in [-0.15, -0.1) is 0 Å². The smallest absolute Gasteiger partial charge is 0.408 e. The molecule has 0 bridgehead atoms. The van der Waals surface area contributed by atoms with Crippen LogP contribution in [0.5, 0.6) is 11.5 Å². The van der Waals surface area contributed by atoms with E-state index in [2.05, 4.69) is 10.6 Å². The predicted octanol–water partition coefficient (Wildman–Crippen LogP) is 5.72. The number of ketones is 6. The Morgan fingerprint density at radius 3 is 1.16 bits per heavy atom. The van der Waals surface area contributed by atoms with Gasteiger partial charge in [0, 0.05) is 81.4 Å². The molecular weight excluding hydrogens is 730 g/mol. The maximum atomic E-state index is 13.6. The van der Waals surface area contributed by atoms with Crippen molar-refractivity contribution < 1.29 is 52.6 Å². The van der Waals surface area contributed by atoms with Crippen molar-refractivity contribution in [3.05, 3.63) is 58.7 Å². The Labute approximate surface area is 365 Å². The third-order valence-electron chi connectivity index (χ3n) is 8.38. The van der Waals surface area contributed by atoms with Gasteiger partial charge >= 0.3 is 12.2 Å². The van der Waals surface area contributed by atoms with Crippen LogP contribution in [0.3, 0.4) is 0 Å². The minimum absolute atomic E-state index is 0. The SMILES string of the molecule is CC(C)C[C@@H](NC(=O)OC(C)(C)C)C(=O)C1C(=O)c2ccc(Oc3ccc4c(c3)C(=O)C(C(=O)[C@@H](CC(C)C)NC(=O)OC(C)(C)C)C4=O)cc2C1=O.[Na].[Na].